The molecule has 2 heterocycles. The van der Waals surface area contributed by atoms with Gasteiger partial charge >= 0.3 is 12.0 Å². The molecule has 1 saturated heterocycles. The van der Waals surface area contributed by atoms with Gasteiger partial charge in [-0.2, -0.15) is 0 Å². The number of benzene rings is 2. The van der Waals surface area contributed by atoms with Gasteiger partial charge in [-0.05, 0) is 29.7 Å². The molecule has 0 bridgehead atoms. The van der Waals surface area contributed by atoms with Crippen LogP contribution >= 0.6 is 0 Å². The molecular formula is C26H28N4O6. The molecule has 2 aromatic rings. The van der Waals surface area contributed by atoms with E-state index in [9.17, 15) is 19.2 Å². The lowest BCUT2D eigenvalue weighted by molar-refractivity contribution is -0.151. The first kappa shape index (κ1) is 24.9. The summed E-state index contributed by atoms with van der Waals surface area (Å²) in [5, 5.41) is 5.41. The van der Waals surface area contributed by atoms with Gasteiger partial charge < -0.3 is 20.1 Å². The number of rotatable bonds is 8. The fourth-order valence-electron chi connectivity index (χ4n) is 4.38. The molecule has 0 radical (unpaired) electrons. The Bertz CT molecular complexity index is 1180. The number of carbonyl (C=O) groups is 4. The molecule has 1 atom stereocenters. The van der Waals surface area contributed by atoms with Crippen molar-refractivity contribution in [1.82, 2.24) is 20.4 Å². The van der Waals surface area contributed by atoms with Crippen molar-refractivity contribution < 1.29 is 28.7 Å². The van der Waals surface area contributed by atoms with Gasteiger partial charge in [-0.3, -0.25) is 19.4 Å². The highest BCUT2D eigenvalue weighted by Crippen LogP contribution is 2.30. The average Bonchev–Trinajstić information content (AvgIpc) is 2.88. The van der Waals surface area contributed by atoms with Gasteiger partial charge in [-0.1, -0.05) is 42.5 Å². The lowest BCUT2D eigenvalue weighted by Gasteiger charge is -2.35. The highest BCUT2D eigenvalue weighted by molar-refractivity contribution is 5.99. The summed E-state index contributed by atoms with van der Waals surface area (Å²) in [6.07, 6.45) is 0.569. The zero-order chi connectivity index (χ0) is 25.7. The number of hydrogen-bond acceptors (Lipinski definition) is 7. The Hall–Kier alpha value is -4.18. The van der Waals surface area contributed by atoms with Crippen LogP contribution in [0.4, 0.5) is 4.79 Å². The van der Waals surface area contributed by atoms with Crippen molar-refractivity contribution in [2.24, 2.45) is 0 Å². The number of methoxy groups -OCH3 is 2. The van der Waals surface area contributed by atoms with Crippen LogP contribution < -0.4 is 15.4 Å². The highest BCUT2D eigenvalue weighted by Gasteiger charge is 2.37. The van der Waals surface area contributed by atoms with Crippen LogP contribution in [0.1, 0.15) is 17.2 Å². The molecule has 1 unspecified atom stereocenters. The van der Waals surface area contributed by atoms with Crippen LogP contribution in [-0.2, 0) is 25.5 Å². The largest absolute Gasteiger partial charge is 0.497 e. The molecule has 2 aliphatic rings. The Labute approximate surface area is 208 Å². The van der Waals surface area contributed by atoms with Gasteiger partial charge in [0.15, 0.2) is 0 Å². The van der Waals surface area contributed by atoms with Crippen LogP contribution in [0, 0.1) is 0 Å². The summed E-state index contributed by atoms with van der Waals surface area (Å²) in [4.78, 5) is 53.8. The molecule has 10 heteroatoms. The zero-order valence-corrected chi connectivity index (χ0v) is 20.2. The molecule has 2 aromatic carbocycles. The summed E-state index contributed by atoms with van der Waals surface area (Å²) in [5.74, 6) is -0.725. The van der Waals surface area contributed by atoms with Crippen LogP contribution in [-0.4, -0.2) is 74.0 Å². The number of nitrogens with zero attached hydrogens (tertiary/aromatic N) is 2. The van der Waals surface area contributed by atoms with Gasteiger partial charge in [0.05, 0.1) is 38.9 Å². The Kier molecular flexibility index (Phi) is 7.65. The third-order valence-corrected chi connectivity index (χ3v) is 6.15. The smallest absolute Gasteiger partial charge is 0.338 e. The van der Waals surface area contributed by atoms with Crippen LogP contribution in [0.15, 0.2) is 65.9 Å². The maximum atomic E-state index is 12.8. The molecule has 0 spiro atoms. The lowest BCUT2D eigenvalue weighted by Crippen LogP contribution is -2.56. The van der Waals surface area contributed by atoms with E-state index in [1.165, 1.54) is 19.1 Å². The van der Waals surface area contributed by atoms with Crippen molar-refractivity contribution >= 4 is 23.8 Å². The molecule has 2 aliphatic heterocycles. The molecule has 0 saturated carbocycles. The second kappa shape index (κ2) is 11.0. The molecule has 4 rings (SSSR count). The van der Waals surface area contributed by atoms with E-state index in [2.05, 4.69) is 10.6 Å². The van der Waals surface area contributed by atoms with Gasteiger partial charge in [0.25, 0.3) is 0 Å². The summed E-state index contributed by atoms with van der Waals surface area (Å²) in [6, 6.07) is 15.3. The number of urea groups is 1. The maximum absolute atomic E-state index is 12.8. The van der Waals surface area contributed by atoms with E-state index in [0.717, 1.165) is 5.56 Å². The monoisotopic (exact) mass is 492 g/mol. The first-order chi connectivity index (χ1) is 17.4. The van der Waals surface area contributed by atoms with Crippen molar-refractivity contribution in [2.45, 2.75) is 12.5 Å². The van der Waals surface area contributed by atoms with Gasteiger partial charge in [-0.25, -0.2) is 9.59 Å². The number of nitrogens with one attached hydrogen (secondary N) is 2. The molecule has 2 N–H and O–H groups in total. The number of imide groups is 1. The summed E-state index contributed by atoms with van der Waals surface area (Å²) >= 11 is 0. The van der Waals surface area contributed by atoms with E-state index < -0.39 is 18.0 Å². The number of amides is 4. The zero-order valence-electron chi connectivity index (χ0n) is 20.2. The summed E-state index contributed by atoms with van der Waals surface area (Å²) in [6.45, 7) is 0.268. The van der Waals surface area contributed by atoms with Gasteiger partial charge in [0.2, 0.25) is 11.8 Å². The maximum Gasteiger partial charge on any atom is 0.338 e. The molecule has 0 aromatic heterocycles. The number of carbonyl (C=O) groups excluding carboxylic acids is 4. The second-order valence-electron chi connectivity index (χ2n) is 8.51. The number of piperazine rings is 1. The Morgan fingerprint density at radius 2 is 1.72 bits per heavy atom. The van der Waals surface area contributed by atoms with E-state index >= 15 is 0 Å². The molecule has 36 heavy (non-hydrogen) atoms. The van der Waals surface area contributed by atoms with E-state index in [4.69, 9.17) is 9.47 Å². The van der Waals surface area contributed by atoms with Crippen molar-refractivity contribution in [3.63, 3.8) is 0 Å². The third kappa shape index (κ3) is 5.55. The Balaban J connectivity index is 1.54. The van der Waals surface area contributed by atoms with E-state index in [-0.39, 0.29) is 42.7 Å². The minimum atomic E-state index is -0.796. The van der Waals surface area contributed by atoms with Crippen LogP contribution in [0.5, 0.6) is 5.75 Å². The topological polar surface area (TPSA) is 117 Å². The van der Waals surface area contributed by atoms with Gasteiger partial charge in [0.1, 0.15) is 5.75 Å². The molecule has 4 amide bonds. The minimum absolute atomic E-state index is 0.0162. The summed E-state index contributed by atoms with van der Waals surface area (Å²) in [7, 11) is 2.78. The highest BCUT2D eigenvalue weighted by atomic mass is 16.5. The van der Waals surface area contributed by atoms with Gasteiger partial charge in [-0.15, -0.1) is 0 Å². The first-order valence-electron chi connectivity index (χ1n) is 11.5. The van der Waals surface area contributed by atoms with E-state index in [1.54, 1.807) is 29.2 Å². The van der Waals surface area contributed by atoms with E-state index in [1.807, 2.05) is 30.3 Å². The predicted octanol–water partition coefficient (Wildman–Crippen LogP) is 1.39. The SMILES string of the molecule is COC(=O)C1=C(CN2CC(=O)N(CCc3ccccc3)C(=O)C2)NC(=O)NC1c1cccc(OC)c1. The Morgan fingerprint density at radius 3 is 2.39 bits per heavy atom. The fraction of sp³-hybridized carbons (Fsp3) is 0.308. The molecular weight excluding hydrogens is 464 g/mol. The third-order valence-electron chi connectivity index (χ3n) is 6.15. The van der Waals surface area contributed by atoms with Crippen molar-refractivity contribution in [1.29, 1.82) is 0 Å². The van der Waals surface area contributed by atoms with Crippen LogP contribution in [0.2, 0.25) is 0 Å². The lowest BCUT2D eigenvalue weighted by atomic mass is 9.94. The molecule has 10 nitrogen and oxygen atoms in total. The second-order valence-corrected chi connectivity index (χ2v) is 8.51. The molecule has 0 aliphatic carbocycles. The van der Waals surface area contributed by atoms with E-state index in [0.29, 0.717) is 24.3 Å². The van der Waals surface area contributed by atoms with Crippen LogP contribution in [0.25, 0.3) is 0 Å². The number of ether oxygens (including phenoxy) is 2. The first-order valence-corrected chi connectivity index (χ1v) is 11.5. The van der Waals surface area contributed by atoms with Gasteiger partial charge in [0, 0.05) is 18.8 Å². The van der Waals surface area contributed by atoms with Crippen molar-refractivity contribution in [2.75, 3.05) is 40.4 Å². The standard InChI is InChI=1S/C26H28N4O6/c1-35-19-10-6-9-18(13-19)24-23(25(33)36-2)20(27-26(34)28-24)14-29-15-21(31)30(22(32)16-29)12-11-17-7-4-3-5-8-17/h3-10,13,24H,11-12,14-16H2,1-2H3,(H2,27,28,34). The fourth-order valence-corrected chi connectivity index (χ4v) is 4.38. The normalized spacial score (nSPS) is 18.6. The van der Waals surface area contributed by atoms with Crippen molar-refractivity contribution in [3.05, 3.63) is 77.0 Å². The van der Waals surface area contributed by atoms with Crippen LogP contribution in [0.3, 0.4) is 0 Å². The average molecular weight is 493 g/mol. The number of esters is 1. The summed E-state index contributed by atoms with van der Waals surface area (Å²) in [5.41, 5.74) is 2.13. The Morgan fingerprint density at radius 1 is 1.00 bits per heavy atom. The summed E-state index contributed by atoms with van der Waals surface area (Å²) < 4.78 is 10.3. The quantitative estimate of drug-likeness (QED) is 0.422. The predicted molar refractivity (Wildman–Crippen MR) is 130 cm³/mol. The molecule has 188 valence electrons. The minimum Gasteiger partial charge on any atom is -0.497 e. The molecule has 1 fully saturated rings. The number of hydrogen-bond donors (Lipinski definition) is 2. The van der Waals surface area contributed by atoms with Crippen molar-refractivity contribution in [3.8, 4) is 5.75 Å².